The van der Waals surface area contributed by atoms with Gasteiger partial charge in [-0.15, -0.1) is 0 Å². The van der Waals surface area contributed by atoms with Crippen molar-refractivity contribution in [3.8, 4) is 0 Å². The van der Waals surface area contributed by atoms with Crippen molar-refractivity contribution in [2.45, 2.75) is 44.4 Å². The van der Waals surface area contributed by atoms with Crippen LogP contribution in [0.4, 0.5) is 13.2 Å². The van der Waals surface area contributed by atoms with E-state index in [1.54, 1.807) is 6.07 Å². The van der Waals surface area contributed by atoms with Crippen LogP contribution in [-0.2, 0) is 17.5 Å². The van der Waals surface area contributed by atoms with Gasteiger partial charge in [-0.05, 0) is 50.4 Å². The molecule has 1 saturated carbocycles. The van der Waals surface area contributed by atoms with E-state index in [0.717, 1.165) is 44.8 Å². The average Bonchev–Trinajstić information content (AvgIpc) is 3.31. The third-order valence-corrected chi connectivity index (χ3v) is 4.54. The van der Waals surface area contributed by atoms with E-state index in [4.69, 9.17) is 0 Å². The Bertz CT molecular complexity index is 561. The Labute approximate surface area is 133 Å². The largest absolute Gasteiger partial charge is 0.416 e. The van der Waals surface area contributed by atoms with Crippen LogP contribution in [0.15, 0.2) is 24.3 Å². The van der Waals surface area contributed by atoms with E-state index in [2.05, 4.69) is 10.2 Å². The molecule has 0 bridgehead atoms. The predicted molar refractivity (Wildman–Crippen MR) is 80.6 cm³/mol. The van der Waals surface area contributed by atoms with Crippen molar-refractivity contribution in [2.24, 2.45) is 5.92 Å². The Balaban J connectivity index is 1.51. The molecular formula is C17H21F3N2O. The molecule has 1 aromatic rings. The smallest absolute Gasteiger partial charge is 0.353 e. The minimum Gasteiger partial charge on any atom is -0.353 e. The van der Waals surface area contributed by atoms with Crippen molar-refractivity contribution in [1.82, 2.24) is 10.2 Å². The standard InChI is InChI=1S/C17H21F3N2O/c18-17(19,20)14-3-1-2-12(10-14)11-22-8-6-13(7-9-22)16(23)21-15-4-5-15/h1-3,10,13,15H,4-9,11H2,(H,21,23). The lowest BCUT2D eigenvalue weighted by Crippen LogP contribution is -2.40. The number of carbonyl (C=O) groups is 1. The highest BCUT2D eigenvalue weighted by molar-refractivity contribution is 5.79. The number of amides is 1. The number of hydrogen-bond donors (Lipinski definition) is 1. The van der Waals surface area contributed by atoms with Crippen LogP contribution in [-0.4, -0.2) is 29.9 Å². The first-order valence-corrected chi connectivity index (χ1v) is 8.11. The molecule has 2 fully saturated rings. The van der Waals surface area contributed by atoms with Gasteiger partial charge in [-0.2, -0.15) is 13.2 Å². The number of alkyl halides is 3. The molecule has 126 valence electrons. The zero-order valence-electron chi connectivity index (χ0n) is 12.9. The normalized spacial score (nSPS) is 20.5. The molecule has 1 amide bonds. The fourth-order valence-electron chi connectivity index (χ4n) is 3.00. The topological polar surface area (TPSA) is 32.3 Å². The lowest BCUT2D eigenvalue weighted by molar-refractivity contribution is -0.137. The van der Waals surface area contributed by atoms with Crippen molar-refractivity contribution >= 4 is 5.91 Å². The van der Waals surface area contributed by atoms with Crippen LogP contribution < -0.4 is 5.32 Å². The average molecular weight is 326 g/mol. The summed E-state index contributed by atoms with van der Waals surface area (Å²) in [5.74, 6) is 0.194. The van der Waals surface area contributed by atoms with Gasteiger partial charge in [0.1, 0.15) is 0 Å². The first kappa shape index (κ1) is 16.3. The highest BCUT2D eigenvalue weighted by Crippen LogP contribution is 2.30. The number of piperidine rings is 1. The molecule has 1 aromatic carbocycles. The Hall–Kier alpha value is -1.56. The summed E-state index contributed by atoms with van der Waals surface area (Å²) < 4.78 is 38.2. The molecule has 0 radical (unpaired) electrons. The molecule has 23 heavy (non-hydrogen) atoms. The Kier molecular flexibility index (Phi) is 4.62. The summed E-state index contributed by atoms with van der Waals surface area (Å²) in [4.78, 5) is 14.1. The van der Waals surface area contributed by atoms with Crippen molar-refractivity contribution in [3.63, 3.8) is 0 Å². The molecule has 6 heteroatoms. The Morgan fingerprint density at radius 2 is 1.87 bits per heavy atom. The maximum Gasteiger partial charge on any atom is 0.416 e. The van der Waals surface area contributed by atoms with Gasteiger partial charge < -0.3 is 5.32 Å². The zero-order chi connectivity index (χ0) is 16.4. The van der Waals surface area contributed by atoms with Gasteiger partial charge in [0.15, 0.2) is 0 Å². The van der Waals surface area contributed by atoms with Gasteiger partial charge in [-0.3, -0.25) is 9.69 Å². The lowest BCUT2D eigenvalue weighted by Gasteiger charge is -2.31. The molecule has 1 aliphatic carbocycles. The highest BCUT2D eigenvalue weighted by atomic mass is 19.4. The van der Waals surface area contributed by atoms with E-state index >= 15 is 0 Å². The number of carbonyl (C=O) groups excluding carboxylic acids is 1. The first-order chi connectivity index (χ1) is 10.9. The molecular weight excluding hydrogens is 305 g/mol. The lowest BCUT2D eigenvalue weighted by atomic mass is 9.95. The molecule has 1 saturated heterocycles. The second-order valence-corrected chi connectivity index (χ2v) is 6.53. The predicted octanol–water partition coefficient (Wildman–Crippen LogP) is 3.20. The molecule has 1 N–H and O–H groups in total. The van der Waals surface area contributed by atoms with Crippen LogP contribution in [0.2, 0.25) is 0 Å². The second kappa shape index (κ2) is 6.51. The first-order valence-electron chi connectivity index (χ1n) is 8.11. The number of nitrogens with zero attached hydrogens (tertiary/aromatic N) is 1. The van der Waals surface area contributed by atoms with Crippen molar-refractivity contribution in [3.05, 3.63) is 35.4 Å². The van der Waals surface area contributed by atoms with Crippen LogP contribution in [0.1, 0.15) is 36.8 Å². The molecule has 3 nitrogen and oxygen atoms in total. The van der Waals surface area contributed by atoms with E-state index in [9.17, 15) is 18.0 Å². The van der Waals surface area contributed by atoms with Crippen LogP contribution in [0, 0.1) is 5.92 Å². The minimum atomic E-state index is -4.30. The monoisotopic (exact) mass is 326 g/mol. The van der Waals surface area contributed by atoms with Crippen molar-refractivity contribution in [1.29, 1.82) is 0 Å². The summed E-state index contributed by atoms with van der Waals surface area (Å²) in [7, 11) is 0. The minimum absolute atomic E-state index is 0.0494. The van der Waals surface area contributed by atoms with Crippen molar-refractivity contribution < 1.29 is 18.0 Å². The molecule has 1 heterocycles. The van der Waals surface area contributed by atoms with Crippen LogP contribution >= 0.6 is 0 Å². The van der Waals surface area contributed by atoms with Gasteiger partial charge in [-0.1, -0.05) is 18.2 Å². The number of benzene rings is 1. The summed E-state index contributed by atoms with van der Waals surface area (Å²) in [6, 6.07) is 5.87. The second-order valence-electron chi connectivity index (χ2n) is 6.53. The Morgan fingerprint density at radius 3 is 2.48 bits per heavy atom. The molecule has 0 atom stereocenters. The van der Waals surface area contributed by atoms with Gasteiger partial charge in [0.25, 0.3) is 0 Å². The number of hydrogen-bond acceptors (Lipinski definition) is 2. The number of likely N-dealkylation sites (tertiary alicyclic amines) is 1. The molecule has 3 rings (SSSR count). The van der Waals surface area contributed by atoms with Crippen LogP contribution in [0.3, 0.4) is 0 Å². The number of halogens is 3. The van der Waals surface area contributed by atoms with Gasteiger partial charge >= 0.3 is 6.18 Å². The van der Waals surface area contributed by atoms with Gasteiger partial charge in [0.2, 0.25) is 5.91 Å². The van der Waals surface area contributed by atoms with Gasteiger partial charge in [0, 0.05) is 18.5 Å². The third-order valence-electron chi connectivity index (χ3n) is 4.54. The molecule has 0 spiro atoms. The zero-order valence-corrected chi connectivity index (χ0v) is 12.9. The number of rotatable bonds is 4. The SMILES string of the molecule is O=C(NC1CC1)C1CCN(Cc2cccc(C(F)(F)F)c2)CC1. The van der Waals surface area contributed by atoms with E-state index < -0.39 is 11.7 Å². The molecule has 0 aromatic heterocycles. The maximum absolute atomic E-state index is 12.7. The van der Waals surface area contributed by atoms with E-state index in [-0.39, 0.29) is 11.8 Å². The molecule has 0 unspecified atom stereocenters. The summed E-state index contributed by atoms with van der Waals surface area (Å²) in [6.45, 7) is 2.00. The van der Waals surface area contributed by atoms with E-state index in [1.807, 2.05) is 0 Å². The summed E-state index contributed by atoms with van der Waals surface area (Å²) >= 11 is 0. The fourth-order valence-corrected chi connectivity index (χ4v) is 3.00. The van der Waals surface area contributed by atoms with Gasteiger partial charge in [-0.25, -0.2) is 0 Å². The van der Waals surface area contributed by atoms with E-state index in [0.29, 0.717) is 18.2 Å². The summed E-state index contributed by atoms with van der Waals surface area (Å²) in [5.41, 5.74) is 0.0643. The number of nitrogens with one attached hydrogen (secondary N) is 1. The Morgan fingerprint density at radius 1 is 1.17 bits per heavy atom. The van der Waals surface area contributed by atoms with Crippen LogP contribution in [0.5, 0.6) is 0 Å². The van der Waals surface area contributed by atoms with Crippen molar-refractivity contribution in [2.75, 3.05) is 13.1 Å². The fraction of sp³-hybridized carbons (Fsp3) is 0.588. The van der Waals surface area contributed by atoms with Gasteiger partial charge in [0.05, 0.1) is 5.56 Å². The summed E-state index contributed by atoms with van der Waals surface area (Å²) in [6.07, 6.45) is -0.584. The summed E-state index contributed by atoms with van der Waals surface area (Å²) in [5, 5.41) is 3.03. The highest BCUT2D eigenvalue weighted by Gasteiger charge is 2.31. The quantitative estimate of drug-likeness (QED) is 0.921. The molecule has 1 aliphatic heterocycles. The molecule has 2 aliphatic rings. The maximum atomic E-state index is 12.7. The van der Waals surface area contributed by atoms with E-state index in [1.165, 1.54) is 12.1 Å². The van der Waals surface area contributed by atoms with Crippen LogP contribution in [0.25, 0.3) is 0 Å². The third kappa shape index (κ3) is 4.47.